The minimum Gasteiger partial charge on any atom is -0.464 e. The van der Waals surface area contributed by atoms with Gasteiger partial charge >= 0.3 is 5.97 Å². The number of carbonyl (C=O) groups is 2. The molecule has 8 heteroatoms. The average molecular weight is 434 g/mol. The van der Waals surface area contributed by atoms with E-state index < -0.39 is 0 Å². The van der Waals surface area contributed by atoms with Crippen LogP contribution in [0.1, 0.15) is 46.5 Å². The fraction of sp³-hybridized carbons (Fsp3) is 0.375. The summed E-state index contributed by atoms with van der Waals surface area (Å²) in [6.07, 6.45) is 3.22. The number of hydrogen-bond donors (Lipinski definition) is 1. The number of rotatable bonds is 9. The maximum Gasteiger partial charge on any atom is 0.306 e. The van der Waals surface area contributed by atoms with Crippen LogP contribution in [-0.4, -0.2) is 39.6 Å². The van der Waals surface area contributed by atoms with Crippen molar-refractivity contribution in [1.82, 2.24) is 19.9 Å². The largest absolute Gasteiger partial charge is 0.464 e. The van der Waals surface area contributed by atoms with Crippen molar-refractivity contribution in [1.29, 1.82) is 5.26 Å². The Kier molecular flexibility index (Phi) is 7.55. The molecule has 0 fully saturated rings. The zero-order valence-electron chi connectivity index (χ0n) is 18.6. The zero-order chi connectivity index (χ0) is 23.1. The quantitative estimate of drug-likeness (QED) is 0.410. The number of fused-ring (bicyclic) bond motifs is 1. The summed E-state index contributed by atoms with van der Waals surface area (Å²) in [5.41, 5.74) is 5.77. The molecule has 0 atom stereocenters. The monoisotopic (exact) mass is 433 g/mol. The van der Waals surface area contributed by atoms with Crippen LogP contribution in [0.15, 0.2) is 30.5 Å². The van der Waals surface area contributed by atoms with Crippen molar-refractivity contribution in [2.24, 2.45) is 0 Å². The van der Waals surface area contributed by atoms with E-state index in [4.69, 9.17) is 10.00 Å². The van der Waals surface area contributed by atoms with Crippen molar-refractivity contribution in [3.63, 3.8) is 0 Å². The number of nitrogens with zero attached hydrogens (tertiary/aromatic N) is 4. The highest BCUT2D eigenvalue weighted by molar-refractivity contribution is 5.76. The smallest absolute Gasteiger partial charge is 0.306 e. The molecule has 2 aromatic heterocycles. The molecule has 0 aliphatic rings. The van der Waals surface area contributed by atoms with Gasteiger partial charge in [-0.1, -0.05) is 29.8 Å². The maximum absolute atomic E-state index is 12.1. The molecule has 0 unspecified atom stereocenters. The highest BCUT2D eigenvalue weighted by atomic mass is 16.5. The first-order chi connectivity index (χ1) is 15.4. The van der Waals surface area contributed by atoms with Crippen molar-refractivity contribution < 1.29 is 14.3 Å². The van der Waals surface area contributed by atoms with Crippen LogP contribution in [0, 0.1) is 32.1 Å². The van der Waals surface area contributed by atoms with E-state index in [0.29, 0.717) is 30.5 Å². The highest BCUT2D eigenvalue weighted by Gasteiger charge is 2.15. The molecule has 0 aliphatic heterocycles. The summed E-state index contributed by atoms with van der Waals surface area (Å²) >= 11 is 0. The predicted molar refractivity (Wildman–Crippen MR) is 119 cm³/mol. The molecule has 1 N–H and O–H groups in total. The highest BCUT2D eigenvalue weighted by Crippen LogP contribution is 2.18. The molecule has 0 saturated carbocycles. The molecule has 1 aromatic carbocycles. The van der Waals surface area contributed by atoms with Crippen LogP contribution in [0.2, 0.25) is 0 Å². The number of nitrogens with one attached hydrogen (secondary N) is 1. The van der Waals surface area contributed by atoms with Crippen molar-refractivity contribution in [2.45, 2.75) is 46.5 Å². The van der Waals surface area contributed by atoms with E-state index >= 15 is 0 Å². The van der Waals surface area contributed by atoms with Gasteiger partial charge in [0.25, 0.3) is 0 Å². The fourth-order valence-electron chi connectivity index (χ4n) is 3.51. The Balaban J connectivity index is 1.39. The van der Waals surface area contributed by atoms with Gasteiger partial charge in [-0.15, -0.1) is 0 Å². The van der Waals surface area contributed by atoms with Crippen LogP contribution in [0.25, 0.3) is 5.65 Å². The molecule has 166 valence electrons. The molecule has 2 heterocycles. The molecule has 3 rings (SSSR count). The Morgan fingerprint density at radius 1 is 1.12 bits per heavy atom. The summed E-state index contributed by atoms with van der Waals surface area (Å²) in [5, 5.41) is 16.1. The van der Waals surface area contributed by atoms with Gasteiger partial charge in [0.1, 0.15) is 18.2 Å². The maximum atomic E-state index is 12.1. The third-order valence-electron chi connectivity index (χ3n) is 5.36. The van der Waals surface area contributed by atoms with Gasteiger partial charge in [0.15, 0.2) is 5.65 Å². The third-order valence-corrected chi connectivity index (χ3v) is 5.36. The number of nitriles is 1. The Bertz CT molecular complexity index is 1160. The van der Waals surface area contributed by atoms with Gasteiger partial charge in [-0.2, -0.15) is 10.4 Å². The predicted octanol–water partition coefficient (Wildman–Crippen LogP) is 2.75. The molecule has 0 saturated heterocycles. The van der Waals surface area contributed by atoms with E-state index in [2.05, 4.69) is 21.5 Å². The number of amides is 1. The lowest BCUT2D eigenvalue weighted by Gasteiger charge is -2.11. The topological polar surface area (TPSA) is 109 Å². The average Bonchev–Trinajstić information content (AvgIpc) is 3.19. The normalized spacial score (nSPS) is 10.7. The van der Waals surface area contributed by atoms with Crippen molar-refractivity contribution >= 4 is 17.5 Å². The molecule has 0 radical (unpaired) electrons. The molecule has 32 heavy (non-hydrogen) atoms. The van der Waals surface area contributed by atoms with E-state index in [-0.39, 0.29) is 31.4 Å². The lowest BCUT2D eigenvalue weighted by atomic mass is 10.1. The molecule has 3 aromatic rings. The standard InChI is InChI=1S/C24H27N5O3/c1-16-4-6-19(7-5-16)8-10-22(30)26-12-13-32-23(31)11-9-21-17(2)28-24-20(14-25)15-27-29(24)18(21)3/h4-7,15H,8-13H2,1-3H3,(H,26,30). The van der Waals surface area contributed by atoms with Crippen molar-refractivity contribution in [2.75, 3.05) is 13.2 Å². The van der Waals surface area contributed by atoms with Gasteiger partial charge in [0.05, 0.1) is 12.7 Å². The molecule has 0 spiro atoms. The Labute approximate surface area is 187 Å². The molecular formula is C24H27N5O3. The van der Waals surface area contributed by atoms with Crippen LogP contribution in [-0.2, 0) is 27.2 Å². The van der Waals surface area contributed by atoms with Gasteiger partial charge in [-0.05, 0) is 44.7 Å². The zero-order valence-corrected chi connectivity index (χ0v) is 18.6. The molecule has 0 aliphatic carbocycles. The minimum absolute atomic E-state index is 0.0665. The van der Waals surface area contributed by atoms with E-state index in [1.165, 1.54) is 11.8 Å². The number of carbonyl (C=O) groups excluding carboxylic acids is 2. The number of esters is 1. The van der Waals surface area contributed by atoms with E-state index in [1.807, 2.05) is 45.0 Å². The first-order valence-electron chi connectivity index (χ1n) is 10.6. The van der Waals surface area contributed by atoms with E-state index in [9.17, 15) is 9.59 Å². The fourth-order valence-corrected chi connectivity index (χ4v) is 3.51. The number of aryl methyl sites for hydroxylation is 4. The number of aromatic nitrogens is 3. The SMILES string of the molecule is Cc1ccc(CCC(=O)NCCOC(=O)CCc2c(C)nc3c(C#N)cnn3c2C)cc1. The Morgan fingerprint density at radius 3 is 2.59 bits per heavy atom. The summed E-state index contributed by atoms with van der Waals surface area (Å²) in [4.78, 5) is 28.5. The third kappa shape index (κ3) is 5.70. The van der Waals surface area contributed by atoms with Gasteiger partial charge in [-0.3, -0.25) is 9.59 Å². The second-order valence-electron chi connectivity index (χ2n) is 7.72. The van der Waals surface area contributed by atoms with Gasteiger partial charge in [0.2, 0.25) is 5.91 Å². The van der Waals surface area contributed by atoms with Gasteiger partial charge < -0.3 is 10.1 Å². The van der Waals surface area contributed by atoms with Crippen LogP contribution in [0.3, 0.4) is 0 Å². The minimum atomic E-state index is -0.337. The first kappa shape index (κ1) is 22.9. The van der Waals surface area contributed by atoms with Crippen molar-refractivity contribution in [3.05, 3.63) is 64.1 Å². The second-order valence-corrected chi connectivity index (χ2v) is 7.72. The molecule has 0 bridgehead atoms. The molecule has 8 nitrogen and oxygen atoms in total. The van der Waals surface area contributed by atoms with Crippen LogP contribution < -0.4 is 5.32 Å². The Morgan fingerprint density at radius 2 is 1.88 bits per heavy atom. The first-order valence-corrected chi connectivity index (χ1v) is 10.6. The number of hydrogen-bond acceptors (Lipinski definition) is 6. The van der Waals surface area contributed by atoms with Gasteiger partial charge in [-0.25, -0.2) is 9.50 Å². The number of benzene rings is 1. The summed E-state index contributed by atoms with van der Waals surface area (Å²) in [6.45, 7) is 6.19. The Hall–Kier alpha value is -3.73. The van der Waals surface area contributed by atoms with Crippen LogP contribution >= 0.6 is 0 Å². The summed E-state index contributed by atoms with van der Waals surface area (Å²) in [5.74, 6) is -0.404. The van der Waals surface area contributed by atoms with Crippen LogP contribution in [0.4, 0.5) is 0 Å². The van der Waals surface area contributed by atoms with Crippen molar-refractivity contribution in [3.8, 4) is 6.07 Å². The van der Waals surface area contributed by atoms with E-state index in [1.54, 1.807) is 4.52 Å². The summed E-state index contributed by atoms with van der Waals surface area (Å²) < 4.78 is 6.86. The summed E-state index contributed by atoms with van der Waals surface area (Å²) in [7, 11) is 0. The van der Waals surface area contributed by atoms with E-state index in [0.717, 1.165) is 22.5 Å². The summed E-state index contributed by atoms with van der Waals surface area (Å²) in [6, 6.07) is 10.2. The van der Waals surface area contributed by atoms with Crippen LogP contribution in [0.5, 0.6) is 0 Å². The lowest BCUT2D eigenvalue weighted by molar-refractivity contribution is -0.143. The molecule has 1 amide bonds. The number of ether oxygens (including phenoxy) is 1. The lowest BCUT2D eigenvalue weighted by Crippen LogP contribution is -2.28. The molecular weight excluding hydrogens is 406 g/mol. The van der Waals surface area contributed by atoms with Gasteiger partial charge in [0, 0.05) is 24.2 Å². The second kappa shape index (κ2) is 10.5.